The summed E-state index contributed by atoms with van der Waals surface area (Å²) in [6, 6.07) is 27.4. The van der Waals surface area contributed by atoms with Crippen LogP contribution in [-0.4, -0.2) is 34.6 Å². The average molecular weight is 554 g/mol. The zero-order chi connectivity index (χ0) is 25.0. The van der Waals surface area contributed by atoms with Gasteiger partial charge in [-0.25, -0.2) is 0 Å². The Balaban J connectivity index is 1.85. The first-order valence-electron chi connectivity index (χ1n) is 12.0. The van der Waals surface area contributed by atoms with E-state index in [0.717, 1.165) is 27.8 Å². The third-order valence-electron chi connectivity index (χ3n) is 5.88. The topological polar surface area (TPSA) is 49.4 Å². The molecule has 1 N–H and O–H groups in total. The lowest BCUT2D eigenvalue weighted by Gasteiger charge is -2.32. The van der Waals surface area contributed by atoms with E-state index >= 15 is 0 Å². The summed E-state index contributed by atoms with van der Waals surface area (Å²) in [4.78, 5) is 28.9. The average Bonchev–Trinajstić information content (AvgIpc) is 2.88. The summed E-state index contributed by atoms with van der Waals surface area (Å²) in [5.41, 5.74) is 3.20. The molecule has 0 fully saturated rings. The van der Waals surface area contributed by atoms with Gasteiger partial charge in [-0.05, 0) is 42.2 Å². The summed E-state index contributed by atoms with van der Waals surface area (Å²) in [6.07, 6.45) is 1.30. The largest absolute Gasteiger partial charge is 0.352 e. The quantitative estimate of drug-likeness (QED) is 0.289. The van der Waals surface area contributed by atoms with Gasteiger partial charge in [0, 0.05) is 29.2 Å². The van der Waals surface area contributed by atoms with E-state index in [1.54, 1.807) is 16.7 Å². The Morgan fingerprint density at radius 3 is 2.09 bits per heavy atom. The van der Waals surface area contributed by atoms with Crippen molar-refractivity contribution in [3.8, 4) is 0 Å². The van der Waals surface area contributed by atoms with Crippen LogP contribution >= 0.6 is 27.7 Å². The van der Waals surface area contributed by atoms with Crippen molar-refractivity contribution in [2.75, 3.05) is 5.75 Å². The van der Waals surface area contributed by atoms with Crippen molar-refractivity contribution < 1.29 is 9.59 Å². The van der Waals surface area contributed by atoms with Crippen LogP contribution in [0.4, 0.5) is 0 Å². The van der Waals surface area contributed by atoms with Crippen LogP contribution < -0.4 is 5.32 Å². The molecule has 184 valence electrons. The molecule has 0 aromatic heterocycles. The van der Waals surface area contributed by atoms with Crippen molar-refractivity contribution in [1.29, 1.82) is 0 Å². The van der Waals surface area contributed by atoms with Crippen molar-refractivity contribution in [3.05, 3.63) is 106 Å². The summed E-state index contributed by atoms with van der Waals surface area (Å²) < 4.78 is 0.980. The molecule has 2 atom stereocenters. The maximum Gasteiger partial charge on any atom is 0.243 e. The minimum atomic E-state index is -0.597. The first-order chi connectivity index (χ1) is 17.0. The molecule has 0 bridgehead atoms. The molecule has 4 nitrogen and oxygen atoms in total. The smallest absolute Gasteiger partial charge is 0.243 e. The van der Waals surface area contributed by atoms with Gasteiger partial charge in [0.15, 0.2) is 0 Å². The van der Waals surface area contributed by atoms with Crippen LogP contribution in [0.25, 0.3) is 0 Å². The van der Waals surface area contributed by atoms with Crippen LogP contribution in [0.2, 0.25) is 0 Å². The maximum atomic E-state index is 13.6. The molecule has 35 heavy (non-hydrogen) atoms. The number of halogens is 1. The monoisotopic (exact) mass is 552 g/mol. The molecule has 0 aliphatic carbocycles. The van der Waals surface area contributed by atoms with Gasteiger partial charge in [0.05, 0.1) is 5.75 Å². The van der Waals surface area contributed by atoms with E-state index in [1.165, 1.54) is 5.56 Å². The van der Waals surface area contributed by atoms with Gasteiger partial charge in [-0.3, -0.25) is 9.59 Å². The fourth-order valence-corrected chi connectivity index (χ4v) is 4.83. The van der Waals surface area contributed by atoms with Crippen molar-refractivity contribution in [3.63, 3.8) is 0 Å². The number of carbonyl (C=O) groups is 2. The molecule has 0 unspecified atom stereocenters. The lowest BCUT2D eigenvalue weighted by atomic mass is 10.0. The molecule has 3 rings (SSSR count). The molecule has 0 aliphatic heterocycles. The van der Waals surface area contributed by atoms with Gasteiger partial charge in [-0.15, -0.1) is 11.8 Å². The molecule has 0 spiro atoms. The predicted molar refractivity (Wildman–Crippen MR) is 149 cm³/mol. The first-order valence-corrected chi connectivity index (χ1v) is 13.9. The fourth-order valence-electron chi connectivity index (χ4n) is 3.69. The zero-order valence-corrected chi connectivity index (χ0v) is 22.7. The summed E-state index contributed by atoms with van der Waals surface area (Å²) in [5, 5.41) is 3.11. The molecule has 2 amide bonds. The molecule has 3 aromatic carbocycles. The summed E-state index contributed by atoms with van der Waals surface area (Å²) >= 11 is 5.06. The number of hydrogen-bond donors (Lipinski definition) is 1. The maximum absolute atomic E-state index is 13.6. The lowest BCUT2D eigenvalue weighted by molar-refractivity contribution is -0.139. The van der Waals surface area contributed by atoms with Crippen LogP contribution in [0, 0.1) is 0 Å². The summed E-state index contributed by atoms with van der Waals surface area (Å²) in [5.74, 6) is 0.921. The highest BCUT2D eigenvalue weighted by molar-refractivity contribution is 9.10. The zero-order valence-electron chi connectivity index (χ0n) is 20.3. The third kappa shape index (κ3) is 8.86. The predicted octanol–water partition coefficient (Wildman–Crippen LogP) is 6.24. The number of rotatable bonds is 12. The molecule has 0 saturated carbocycles. The van der Waals surface area contributed by atoms with E-state index in [4.69, 9.17) is 0 Å². The molecule has 0 aliphatic rings. The number of nitrogens with one attached hydrogen (secondary N) is 1. The van der Waals surface area contributed by atoms with Crippen LogP contribution in [0.1, 0.15) is 37.0 Å². The van der Waals surface area contributed by atoms with Gasteiger partial charge in [-0.2, -0.15) is 0 Å². The Morgan fingerprint density at radius 2 is 1.49 bits per heavy atom. The third-order valence-corrected chi connectivity index (χ3v) is 7.39. The van der Waals surface area contributed by atoms with E-state index < -0.39 is 6.04 Å². The highest BCUT2D eigenvalue weighted by Crippen LogP contribution is 2.20. The normalized spacial score (nSPS) is 12.5. The lowest BCUT2D eigenvalue weighted by Crippen LogP contribution is -2.52. The Morgan fingerprint density at radius 1 is 0.886 bits per heavy atom. The van der Waals surface area contributed by atoms with Crippen LogP contribution in [0.15, 0.2) is 89.4 Å². The van der Waals surface area contributed by atoms with Crippen molar-refractivity contribution in [1.82, 2.24) is 10.2 Å². The number of amides is 2. The van der Waals surface area contributed by atoms with Crippen molar-refractivity contribution in [2.24, 2.45) is 0 Å². The minimum Gasteiger partial charge on any atom is -0.352 e. The second-order valence-corrected chi connectivity index (χ2v) is 10.6. The Labute approximate surface area is 221 Å². The molecular weight excluding hydrogens is 520 g/mol. The van der Waals surface area contributed by atoms with E-state index in [-0.39, 0.29) is 17.9 Å². The molecular formula is C29H33BrN2O2S. The van der Waals surface area contributed by atoms with Gasteiger partial charge in [0.1, 0.15) is 6.04 Å². The van der Waals surface area contributed by atoms with Crippen LogP contribution in [0.3, 0.4) is 0 Å². The van der Waals surface area contributed by atoms with E-state index in [9.17, 15) is 9.59 Å². The molecule has 6 heteroatoms. The number of benzene rings is 3. The standard InChI is InChI=1S/C29H33BrN2O2S/c1-3-22(2)31-29(34)27(18-23-10-6-4-7-11-23)32(19-24-14-16-26(30)17-15-24)28(33)21-35-20-25-12-8-5-9-13-25/h4-17,22,27H,3,18-21H2,1-2H3,(H,31,34)/t22-,27+/m0/s1. The second kappa shape index (κ2) is 14.1. The number of thioether (sulfide) groups is 1. The number of hydrogen-bond acceptors (Lipinski definition) is 3. The summed E-state index contributed by atoms with van der Waals surface area (Å²) in [6.45, 7) is 4.42. The van der Waals surface area contributed by atoms with Gasteiger partial charge in [-0.1, -0.05) is 95.7 Å². The number of nitrogens with zero attached hydrogens (tertiary/aromatic N) is 1. The van der Waals surface area contributed by atoms with Crippen LogP contribution in [0.5, 0.6) is 0 Å². The Hall–Kier alpha value is -2.57. The second-order valence-electron chi connectivity index (χ2n) is 8.65. The Kier molecular flexibility index (Phi) is 10.9. The highest BCUT2D eigenvalue weighted by atomic mass is 79.9. The Bertz CT molecular complexity index is 1060. The van der Waals surface area contributed by atoms with Gasteiger partial charge < -0.3 is 10.2 Å². The molecule has 0 radical (unpaired) electrons. The van der Waals surface area contributed by atoms with Crippen molar-refractivity contribution >= 4 is 39.5 Å². The number of carbonyl (C=O) groups excluding carboxylic acids is 2. The van der Waals surface area contributed by atoms with Gasteiger partial charge in [0.25, 0.3) is 0 Å². The van der Waals surface area contributed by atoms with Crippen molar-refractivity contribution in [2.45, 2.75) is 51.1 Å². The highest BCUT2D eigenvalue weighted by Gasteiger charge is 2.30. The minimum absolute atomic E-state index is 0.0333. The SMILES string of the molecule is CC[C@H](C)NC(=O)[C@@H](Cc1ccccc1)N(Cc1ccc(Br)cc1)C(=O)CSCc1ccccc1. The van der Waals surface area contributed by atoms with E-state index in [2.05, 4.69) is 33.4 Å². The fraction of sp³-hybridized carbons (Fsp3) is 0.310. The molecule has 0 saturated heterocycles. The van der Waals surface area contributed by atoms with Gasteiger partial charge in [0.2, 0.25) is 11.8 Å². The van der Waals surface area contributed by atoms with Gasteiger partial charge >= 0.3 is 0 Å². The van der Waals surface area contributed by atoms with E-state index in [0.29, 0.717) is 18.7 Å². The molecule has 0 heterocycles. The first kappa shape index (κ1) is 27.0. The molecule has 3 aromatic rings. The summed E-state index contributed by atoms with van der Waals surface area (Å²) in [7, 11) is 0. The van der Waals surface area contributed by atoms with Crippen LogP contribution in [-0.2, 0) is 28.3 Å². The van der Waals surface area contributed by atoms with E-state index in [1.807, 2.05) is 86.6 Å².